The van der Waals surface area contributed by atoms with Crippen molar-refractivity contribution in [3.8, 4) is 5.75 Å². The molecule has 1 amide bonds. The average Bonchev–Trinajstić information content (AvgIpc) is 2.43. The van der Waals surface area contributed by atoms with E-state index in [1.54, 1.807) is 0 Å². The number of primary amides is 1. The number of rotatable bonds is 6. The third kappa shape index (κ3) is 5.21. The molecule has 1 aromatic rings. The van der Waals surface area contributed by atoms with Crippen LogP contribution in [-0.2, 0) is 4.79 Å². The number of hydrogen-bond acceptors (Lipinski definition) is 3. The number of carbonyl (C=O) groups excluding carboxylic acids is 1. The number of halogens is 1. The first-order valence-electron chi connectivity index (χ1n) is 7.43. The zero-order valence-corrected chi connectivity index (χ0v) is 13.2. The highest BCUT2D eigenvalue weighted by molar-refractivity contribution is 6.30. The van der Waals surface area contributed by atoms with E-state index in [4.69, 9.17) is 22.1 Å². The lowest BCUT2D eigenvalue weighted by atomic mass is 9.84. The van der Waals surface area contributed by atoms with Gasteiger partial charge in [-0.15, -0.1) is 0 Å². The van der Waals surface area contributed by atoms with Crippen LogP contribution in [0.25, 0.3) is 0 Å². The monoisotopic (exact) mass is 310 g/mol. The van der Waals surface area contributed by atoms with Crippen molar-refractivity contribution in [3.63, 3.8) is 0 Å². The molecule has 1 heterocycles. The predicted octanol–water partition coefficient (Wildman–Crippen LogP) is 2.55. The summed E-state index contributed by atoms with van der Waals surface area (Å²) < 4.78 is 5.72. The Bertz CT molecular complexity index is 464. The highest BCUT2D eigenvalue weighted by Crippen LogP contribution is 2.25. The van der Waals surface area contributed by atoms with Crippen molar-refractivity contribution >= 4 is 17.5 Å². The molecule has 1 aliphatic rings. The fraction of sp³-hybridized carbons (Fsp3) is 0.562. The van der Waals surface area contributed by atoms with E-state index in [9.17, 15) is 4.79 Å². The van der Waals surface area contributed by atoms with Gasteiger partial charge in [0.25, 0.3) is 0 Å². The third-order valence-electron chi connectivity index (χ3n) is 4.12. The maximum absolute atomic E-state index is 11.0. The van der Waals surface area contributed by atoms with E-state index in [2.05, 4.69) is 11.8 Å². The molecular formula is C16H23ClN2O2. The summed E-state index contributed by atoms with van der Waals surface area (Å²) in [6.07, 6.45) is 1.54. The van der Waals surface area contributed by atoms with Crippen LogP contribution in [0.15, 0.2) is 24.3 Å². The van der Waals surface area contributed by atoms with Crippen LogP contribution in [0.5, 0.6) is 5.75 Å². The van der Waals surface area contributed by atoms with Crippen molar-refractivity contribution in [2.24, 2.45) is 17.6 Å². The highest BCUT2D eigenvalue weighted by atomic mass is 35.5. The molecule has 0 aliphatic carbocycles. The molecule has 0 saturated carbocycles. The average molecular weight is 311 g/mol. The summed E-state index contributed by atoms with van der Waals surface area (Å²) in [6.45, 7) is 5.76. The van der Waals surface area contributed by atoms with Gasteiger partial charge in [0.2, 0.25) is 5.91 Å². The van der Waals surface area contributed by atoms with E-state index in [-0.39, 0.29) is 5.91 Å². The number of ether oxygens (including phenoxy) is 1. The van der Waals surface area contributed by atoms with Crippen molar-refractivity contribution in [3.05, 3.63) is 29.3 Å². The second kappa shape index (κ2) is 7.66. The zero-order chi connectivity index (χ0) is 15.2. The van der Waals surface area contributed by atoms with Gasteiger partial charge in [0.05, 0.1) is 0 Å². The van der Waals surface area contributed by atoms with Crippen LogP contribution >= 0.6 is 11.6 Å². The van der Waals surface area contributed by atoms with Gasteiger partial charge in [0.1, 0.15) is 12.4 Å². The quantitative estimate of drug-likeness (QED) is 0.878. The first-order valence-corrected chi connectivity index (χ1v) is 7.81. The summed E-state index contributed by atoms with van der Waals surface area (Å²) in [5.74, 6) is 1.58. The van der Waals surface area contributed by atoms with Gasteiger partial charge in [-0.2, -0.15) is 0 Å². The van der Waals surface area contributed by atoms with E-state index < -0.39 is 0 Å². The zero-order valence-electron chi connectivity index (χ0n) is 12.4. The minimum atomic E-state index is -0.189. The van der Waals surface area contributed by atoms with E-state index >= 15 is 0 Å². The van der Waals surface area contributed by atoms with Gasteiger partial charge < -0.3 is 10.5 Å². The molecule has 2 unspecified atom stereocenters. The van der Waals surface area contributed by atoms with E-state index in [0.717, 1.165) is 31.8 Å². The molecule has 0 aromatic heterocycles. The number of likely N-dealkylation sites (tertiary alicyclic amines) is 1. The molecule has 116 valence electrons. The van der Waals surface area contributed by atoms with Crippen molar-refractivity contribution < 1.29 is 9.53 Å². The number of carbonyl (C=O) groups is 1. The maximum Gasteiger partial charge on any atom is 0.217 e. The standard InChI is InChI=1S/C16H23ClN2O2/c1-12-11-19(7-6-13(12)10-16(18)20)8-9-21-15-4-2-14(17)3-5-15/h2-5,12-13H,6-11H2,1H3,(H2,18,20). The maximum atomic E-state index is 11.0. The van der Waals surface area contributed by atoms with Gasteiger partial charge in [-0.3, -0.25) is 9.69 Å². The van der Waals surface area contributed by atoms with Crippen molar-refractivity contribution in [2.75, 3.05) is 26.2 Å². The molecule has 2 atom stereocenters. The highest BCUT2D eigenvalue weighted by Gasteiger charge is 2.26. The number of amides is 1. The van der Waals surface area contributed by atoms with Gasteiger partial charge >= 0.3 is 0 Å². The van der Waals surface area contributed by atoms with Gasteiger partial charge in [0, 0.05) is 24.5 Å². The van der Waals surface area contributed by atoms with Crippen molar-refractivity contribution in [1.29, 1.82) is 0 Å². The van der Waals surface area contributed by atoms with Gasteiger partial charge in [-0.1, -0.05) is 18.5 Å². The predicted molar refractivity (Wildman–Crippen MR) is 84.5 cm³/mol. The molecular weight excluding hydrogens is 288 g/mol. The van der Waals surface area contributed by atoms with Crippen LogP contribution in [0.3, 0.4) is 0 Å². The number of nitrogens with zero attached hydrogens (tertiary/aromatic N) is 1. The van der Waals surface area contributed by atoms with E-state index in [1.807, 2.05) is 24.3 Å². The molecule has 5 heteroatoms. The van der Waals surface area contributed by atoms with Crippen LogP contribution in [0.1, 0.15) is 19.8 Å². The molecule has 21 heavy (non-hydrogen) atoms. The summed E-state index contributed by atoms with van der Waals surface area (Å²) in [5.41, 5.74) is 5.29. The molecule has 1 aliphatic heterocycles. The number of piperidine rings is 1. The van der Waals surface area contributed by atoms with Crippen LogP contribution in [0, 0.1) is 11.8 Å². The van der Waals surface area contributed by atoms with Crippen LogP contribution in [-0.4, -0.2) is 37.0 Å². The van der Waals surface area contributed by atoms with Crippen molar-refractivity contribution in [1.82, 2.24) is 4.90 Å². The third-order valence-corrected chi connectivity index (χ3v) is 4.37. The van der Waals surface area contributed by atoms with Gasteiger partial charge in [0.15, 0.2) is 0 Å². The fourth-order valence-electron chi connectivity index (χ4n) is 2.87. The van der Waals surface area contributed by atoms with Crippen LogP contribution in [0.4, 0.5) is 0 Å². The Balaban J connectivity index is 1.70. The summed E-state index contributed by atoms with van der Waals surface area (Å²) in [5, 5.41) is 0.715. The second-order valence-electron chi connectivity index (χ2n) is 5.80. The molecule has 0 radical (unpaired) electrons. The molecule has 2 rings (SSSR count). The molecule has 0 bridgehead atoms. The molecule has 1 saturated heterocycles. The first-order chi connectivity index (χ1) is 10.0. The lowest BCUT2D eigenvalue weighted by Crippen LogP contribution is -2.42. The topological polar surface area (TPSA) is 55.6 Å². The molecule has 1 aromatic carbocycles. The SMILES string of the molecule is CC1CN(CCOc2ccc(Cl)cc2)CCC1CC(N)=O. The minimum Gasteiger partial charge on any atom is -0.492 e. The number of hydrogen-bond donors (Lipinski definition) is 1. The smallest absolute Gasteiger partial charge is 0.217 e. The summed E-state index contributed by atoms with van der Waals surface area (Å²) in [6, 6.07) is 7.41. The molecule has 4 nitrogen and oxygen atoms in total. The largest absolute Gasteiger partial charge is 0.492 e. The summed E-state index contributed by atoms with van der Waals surface area (Å²) in [4.78, 5) is 13.4. The van der Waals surface area contributed by atoms with Gasteiger partial charge in [-0.25, -0.2) is 0 Å². The Labute approximate surface area is 131 Å². The first kappa shape index (κ1) is 16.1. The lowest BCUT2D eigenvalue weighted by molar-refractivity contribution is -0.119. The Kier molecular flexibility index (Phi) is 5.88. The Morgan fingerprint density at radius 1 is 1.43 bits per heavy atom. The van der Waals surface area contributed by atoms with E-state index in [0.29, 0.717) is 29.9 Å². The summed E-state index contributed by atoms with van der Waals surface area (Å²) >= 11 is 5.84. The van der Waals surface area contributed by atoms with Gasteiger partial charge in [-0.05, 0) is 49.1 Å². The summed E-state index contributed by atoms with van der Waals surface area (Å²) in [7, 11) is 0. The van der Waals surface area contributed by atoms with Crippen molar-refractivity contribution in [2.45, 2.75) is 19.8 Å². The minimum absolute atomic E-state index is 0.189. The normalized spacial score (nSPS) is 23.0. The fourth-order valence-corrected chi connectivity index (χ4v) is 2.99. The van der Waals surface area contributed by atoms with E-state index in [1.165, 1.54) is 0 Å². The number of nitrogens with two attached hydrogens (primary N) is 1. The molecule has 0 spiro atoms. The molecule has 2 N–H and O–H groups in total. The van der Waals surface area contributed by atoms with Crippen LogP contribution in [0.2, 0.25) is 5.02 Å². The molecule has 1 fully saturated rings. The second-order valence-corrected chi connectivity index (χ2v) is 6.24. The van der Waals surface area contributed by atoms with Crippen LogP contribution < -0.4 is 10.5 Å². The Morgan fingerprint density at radius 3 is 2.76 bits per heavy atom. The Hall–Kier alpha value is -1.26. The number of benzene rings is 1. The Morgan fingerprint density at radius 2 is 2.14 bits per heavy atom. The lowest BCUT2D eigenvalue weighted by Gasteiger charge is -2.36.